The highest BCUT2D eigenvalue weighted by atomic mass is 16.5. The van der Waals surface area contributed by atoms with Crippen LogP contribution in [0.3, 0.4) is 0 Å². The Labute approximate surface area is 224 Å². The fraction of sp³-hybridized carbons (Fsp3) is 0.484. The van der Waals surface area contributed by atoms with E-state index in [-0.39, 0.29) is 17.1 Å². The summed E-state index contributed by atoms with van der Waals surface area (Å²) >= 11 is 0. The number of carbonyl (C=O) groups is 1. The van der Waals surface area contributed by atoms with E-state index in [0.717, 1.165) is 69.0 Å². The Morgan fingerprint density at radius 1 is 0.947 bits per heavy atom. The maximum atomic E-state index is 13.8. The molecule has 3 aromatic rings. The average Bonchev–Trinajstić information content (AvgIpc) is 3.21. The number of unbranched alkanes of at least 4 members (excludes halogenated alkanes) is 3. The lowest BCUT2D eigenvalue weighted by molar-refractivity contribution is 0.0353. The van der Waals surface area contributed by atoms with Crippen molar-refractivity contribution in [1.82, 2.24) is 9.80 Å². The molecule has 202 valence electrons. The molecule has 0 saturated carbocycles. The highest BCUT2D eigenvalue weighted by Crippen LogP contribution is 2.38. The molecule has 1 atom stereocenters. The van der Waals surface area contributed by atoms with Gasteiger partial charge >= 0.3 is 0 Å². The van der Waals surface area contributed by atoms with Gasteiger partial charge in [0, 0.05) is 26.2 Å². The number of fused-ring (bicyclic) bond motifs is 2. The van der Waals surface area contributed by atoms with Gasteiger partial charge < -0.3 is 18.8 Å². The van der Waals surface area contributed by atoms with Crippen LogP contribution in [-0.2, 0) is 4.74 Å². The van der Waals surface area contributed by atoms with E-state index in [1.807, 2.05) is 48.2 Å². The highest BCUT2D eigenvalue weighted by Gasteiger charge is 2.42. The highest BCUT2D eigenvalue weighted by molar-refractivity contribution is 5.99. The van der Waals surface area contributed by atoms with Crippen LogP contribution in [0.1, 0.15) is 72.3 Å². The van der Waals surface area contributed by atoms with Crippen LogP contribution in [-0.4, -0.2) is 61.7 Å². The van der Waals surface area contributed by atoms with Crippen molar-refractivity contribution in [2.45, 2.75) is 52.0 Å². The lowest BCUT2D eigenvalue weighted by Gasteiger charge is -2.29. The molecule has 0 N–H and O–H groups in total. The van der Waals surface area contributed by atoms with E-state index < -0.39 is 6.04 Å². The van der Waals surface area contributed by atoms with E-state index in [4.69, 9.17) is 13.9 Å². The summed E-state index contributed by atoms with van der Waals surface area (Å²) in [5.41, 5.74) is 2.63. The van der Waals surface area contributed by atoms with Crippen molar-refractivity contribution >= 4 is 16.9 Å². The minimum atomic E-state index is -0.484. The first-order valence-corrected chi connectivity index (χ1v) is 14.0. The van der Waals surface area contributed by atoms with E-state index in [0.29, 0.717) is 29.7 Å². The third-order valence-electron chi connectivity index (χ3n) is 7.56. The smallest absolute Gasteiger partial charge is 0.290 e. The van der Waals surface area contributed by atoms with E-state index >= 15 is 0 Å². The SMILES string of the molecule is CCCCCCOc1ccc(C2c3c(oc4ccc(C)cc4c3=O)C(=O)N2CCCN2CCOCC2)cc1. The zero-order valence-electron chi connectivity index (χ0n) is 22.5. The minimum absolute atomic E-state index is 0.129. The zero-order chi connectivity index (χ0) is 26.5. The fourth-order valence-electron chi connectivity index (χ4n) is 5.47. The van der Waals surface area contributed by atoms with Gasteiger partial charge in [-0.25, -0.2) is 0 Å². The first-order chi connectivity index (χ1) is 18.6. The number of ether oxygens (including phenoxy) is 2. The predicted octanol–water partition coefficient (Wildman–Crippen LogP) is 5.33. The van der Waals surface area contributed by atoms with Crippen molar-refractivity contribution in [1.29, 1.82) is 0 Å². The molecule has 38 heavy (non-hydrogen) atoms. The first kappa shape index (κ1) is 26.4. The Morgan fingerprint density at radius 2 is 1.74 bits per heavy atom. The van der Waals surface area contributed by atoms with Crippen LogP contribution in [0.4, 0.5) is 0 Å². The normalized spacial score (nSPS) is 17.8. The molecule has 5 rings (SSSR count). The zero-order valence-corrected chi connectivity index (χ0v) is 22.5. The molecule has 0 aliphatic carbocycles. The number of hydrogen-bond donors (Lipinski definition) is 0. The molecule has 3 heterocycles. The van der Waals surface area contributed by atoms with Crippen LogP contribution in [0.25, 0.3) is 11.0 Å². The molecule has 2 aromatic carbocycles. The monoisotopic (exact) mass is 518 g/mol. The molecule has 0 bridgehead atoms. The molecule has 2 aliphatic rings. The van der Waals surface area contributed by atoms with Crippen molar-refractivity contribution in [3.8, 4) is 5.75 Å². The van der Waals surface area contributed by atoms with E-state index in [1.165, 1.54) is 12.8 Å². The number of morpholine rings is 1. The first-order valence-electron chi connectivity index (χ1n) is 14.0. The van der Waals surface area contributed by atoms with Gasteiger partial charge in [-0.05, 0) is 49.6 Å². The molecule has 7 heteroatoms. The van der Waals surface area contributed by atoms with Crippen molar-refractivity contribution < 1.29 is 18.7 Å². The summed E-state index contributed by atoms with van der Waals surface area (Å²) in [6, 6.07) is 12.9. The molecule has 1 aromatic heterocycles. The van der Waals surface area contributed by atoms with Gasteiger partial charge in [0.2, 0.25) is 5.76 Å². The Bertz CT molecular complexity index is 1310. The summed E-state index contributed by atoms with van der Waals surface area (Å²) in [7, 11) is 0. The second-order valence-electron chi connectivity index (χ2n) is 10.4. The third kappa shape index (κ3) is 5.64. The number of amides is 1. The predicted molar refractivity (Wildman–Crippen MR) is 148 cm³/mol. The molecule has 0 radical (unpaired) electrons. The molecular weight excluding hydrogens is 480 g/mol. The summed E-state index contributed by atoms with van der Waals surface area (Å²) < 4.78 is 17.5. The average molecular weight is 519 g/mol. The summed E-state index contributed by atoms with van der Waals surface area (Å²) in [5, 5.41) is 0.517. The van der Waals surface area contributed by atoms with Gasteiger partial charge in [-0.3, -0.25) is 14.5 Å². The molecule has 1 saturated heterocycles. The van der Waals surface area contributed by atoms with Crippen LogP contribution in [0.2, 0.25) is 0 Å². The number of nitrogens with zero attached hydrogens (tertiary/aromatic N) is 2. The van der Waals surface area contributed by atoms with Gasteiger partial charge in [-0.15, -0.1) is 0 Å². The third-order valence-corrected chi connectivity index (χ3v) is 7.56. The molecule has 1 fully saturated rings. The fourth-order valence-corrected chi connectivity index (χ4v) is 5.47. The number of benzene rings is 2. The standard InChI is InChI=1S/C31H38N2O5/c1-3-4-5-6-18-37-24-11-9-23(10-12-24)28-27-29(34)25-21-22(2)8-13-26(25)38-30(27)31(35)33(28)15-7-14-32-16-19-36-20-17-32/h8-13,21,28H,3-7,14-20H2,1-2H3. The molecule has 7 nitrogen and oxygen atoms in total. The summed E-state index contributed by atoms with van der Waals surface area (Å²) in [5.74, 6) is 0.747. The van der Waals surface area contributed by atoms with E-state index in [2.05, 4.69) is 11.8 Å². The lowest BCUT2D eigenvalue weighted by Crippen LogP contribution is -2.38. The lowest BCUT2D eigenvalue weighted by atomic mass is 9.98. The maximum absolute atomic E-state index is 13.8. The van der Waals surface area contributed by atoms with Crippen LogP contribution in [0, 0.1) is 6.92 Å². The van der Waals surface area contributed by atoms with Crippen LogP contribution in [0.5, 0.6) is 5.75 Å². The van der Waals surface area contributed by atoms with Crippen LogP contribution in [0.15, 0.2) is 51.7 Å². The summed E-state index contributed by atoms with van der Waals surface area (Å²) in [6.45, 7) is 9.55. The largest absolute Gasteiger partial charge is 0.494 e. The Balaban J connectivity index is 1.42. The summed E-state index contributed by atoms with van der Waals surface area (Å²) in [6.07, 6.45) is 5.42. The van der Waals surface area contributed by atoms with Gasteiger partial charge in [0.15, 0.2) is 5.43 Å². The number of hydrogen-bond acceptors (Lipinski definition) is 6. The molecular formula is C31H38N2O5. The van der Waals surface area contributed by atoms with E-state index in [1.54, 1.807) is 6.07 Å². The number of carbonyl (C=O) groups excluding carboxylic acids is 1. The van der Waals surface area contributed by atoms with Crippen LogP contribution >= 0.6 is 0 Å². The van der Waals surface area contributed by atoms with Crippen molar-refractivity contribution in [2.75, 3.05) is 46.0 Å². The molecule has 1 unspecified atom stereocenters. The van der Waals surface area contributed by atoms with Crippen molar-refractivity contribution in [3.05, 3.63) is 75.1 Å². The van der Waals surface area contributed by atoms with Crippen LogP contribution < -0.4 is 10.2 Å². The minimum Gasteiger partial charge on any atom is -0.494 e. The van der Waals surface area contributed by atoms with Gasteiger partial charge in [0.1, 0.15) is 11.3 Å². The number of rotatable bonds is 11. The molecule has 0 spiro atoms. The van der Waals surface area contributed by atoms with Crippen molar-refractivity contribution in [2.24, 2.45) is 0 Å². The Hall–Kier alpha value is -3.16. The molecule has 1 amide bonds. The van der Waals surface area contributed by atoms with E-state index in [9.17, 15) is 9.59 Å². The number of aryl methyl sites for hydroxylation is 1. The van der Waals surface area contributed by atoms with Gasteiger partial charge in [0.25, 0.3) is 5.91 Å². The maximum Gasteiger partial charge on any atom is 0.290 e. The van der Waals surface area contributed by atoms with Gasteiger partial charge in [-0.2, -0.15) is 0 Å². The summed E-state index contributed by atoms with van der Waals surface area (Å²) in [4.78, 5) is 31.6. The van der Waals surface area contributed by atoms with Gasteiger partial charge in [0.05, 0.1) is 36.8 Å². The quantitative estimate of drug-likeness (QED) is 0.320. The Kier molecular flexibility index (Phi) is 8.45. The van der Waals surface area contributed by atoms with Gasteiger partial charge in [-0.1, -0.05) is 49.9 Å². The second-order valence-corrected chi connectivity index (χ2v) is 10.4. The molecule has 2 aliphatic heterocycles. The Morgan fingerprint density at radius 3 is 2.50 bits per heavy atom. The second kappa shape index (κ2) is 12.1. The van der Waals surface area contributed by atoms with Crippen molar-refractivity contribution in [3.63, 3.8) is 0 Å². The topological polar surface area (TPSA) is 72.2 Å².